The normalized spacial score (nSPS) is 12.7. The van der Waals surface area contributed by atoms with E-state index in [1.165, 1.54) is 18.7 Å². The minimum absolute atomic E-state index is 0.00980. The number of aliphatic imine (C=N–C) groups is 2. The lowest BCUT2D eigenvalue weighted by atomic mass is 10.1. The summed E-state index contributed by atoms with van der Waals surface area (Å²) in [5.74, 6) is 0.846. The zero-order chi connectivity index (χ0) is 23.2. The summed E-state index contributed by atoms with van der Waals surface area (Å²) in [5, 5.41) is 3.68. The van der Waals surface area contributed by atoms with Crippen LogP contribution in [0.2, 0.25) is 0 Å². The molecular weight excluding hydrogens is 434 g/mol. The molecule has 0 atom stereocenters. The second-order valence-corrected chi connectivity index (χ2v) is 8.48. The smallest absolute Gasteiger partial charge is 0.234 e. The predicted octanol–water partition coefficient (Wildman–Crippen LogP) is 5.82. The molecule has 0 unspecified atom stereocenters. The van der Waals surface area contributed by atoms with E-state index in [-0.39, 0.29) is 17.4 Å². The first-order chi connectivity index (χ1) is 16.0. The van der Waals surface area contributed by atoms with Gasteiger partial charge in [0.1, 0.15) is 5.75 Å². The van der Waals surface area contributed by atoms with Crippen molar-refractivity contribution in [1.29, 1.82) is 0 Å². The number of methoxy groups -OCH3 is 1. The van der Waals surface area contributed by atoms with Gasteiger partial charge in [0, 0.05) is 17.7 Å². The Balaban J connectivity index is 1.48. The molecule has 1 N–H and O–H groups in total. The van der Waals surface area contributed by atoms with Gasteiger partial charge < -0.3 is 10.1 Å². The molecule has 0 spiro atoms. The Bertz CT molecular complexity index is 1230. The van der Waals surface area contributed by atoms with E-state index in [9.17, 15) is 9.59 Å². The number of nitrogens with one attached hydrogen (secondary N) is 1. The van der Waals surface area contributed by atoms with Gasteiger partial charge in [-0.2, -0.15) is 0 Å². The summed E-state index contributed by atoms with van der Waals surface area (Å²) in [6.07, 6.45) is 0.520. The summed E-state index contributed by atoms with van der Waals surface area (Å²) in [7, 11) is 1.64. The zero-order valence-electron chi connectivity index (χ0n) is 18.4. The molecule has 1 aliphatic rings. The lowest BCUT2D eigenvalue weighted by Crippen LogP contribution is -2.16. The van der Waals surface area contributed by atoms with Crippen LogP contribution in [-0.2, 0) is 4.79 Å². The highest BCUT2D eigenvalue weighted by Gasteiger charge is 2.17. The maximum Gasteiger partial charge on any atom is 0.234 e. The number of thioether (sulfide) groups is 1. The fourth-order valence-corrected chi connectivity index (χ4v) is 4.09. The van der Waals surface area contributed by atoms with Gasteiger partial charge in [0.2, 0.25) is 5.91 Å². The summed E-state index contributed by atoms with van der Waals surface area (Å²) in [4.78, 5) is 33.6. The molecule has 0 bridgehead atoms. The van der Waals surface area contributed by atoms with Crippen molar-refractivity contribution in [3.05, 3.63) is 83.9 Å². The van der Waals surface area contributed by atoms with Crippen molar-refractivity contribution in [3.63, 3.8) is 0 Å². The second kappa shape index (κ2) is 10.3. The van der Waals surface area contributed by atoms with Crippen molar-refractivity contribution < 1.29 is 14.3 Å². The van der Waals surface area contributed by atoms with Crippen molar-refractivity contribution in [2.75, 3.05) is 18.2 Å². The first-order valence-electron chi connectivity index (χ1n) is 10.4. The van der Waals surface area contributed by atoms with Crippen LogP contribution in [0, 0.1) is 0 Å². The van der Waals surface area contributed by atoms with E-state index in [4.69, 9.17) is 14.7 Å². The Kier molecular flexibility index (Phi) is 7.00. The number of ketones is 1. The fourth-order valence-electron chi connectivity index (χ4n) is 3.32. The Morgan fingerprint density at radius 2 is 1.61 bits per heavy atom. The molecule has 33 heavy (non-hydrogen) atoms. The number of hydrogen-bond acceptors (Lipinski definition) is 6. The predicted molar refractivity (Wildman–Crippen MR) is 135 cm³/mol. The lowest BCUT2D eigenvalue weighted by molar-refractivity contribution is -0.113. The SMILES string of the molecule is COc1ccc(C2=Nc3ccccc3N=C(SCC(=O)Nc3ccc(C(C)=O)cc3)C2)cc1. The van der Waals surface area contributed by atoms with Crippen LogP contribution in [0.5, 0.6) is 5.75 Å². The molecule has 0 aromatic heterocycles. The van der Waals surface area contributed by atoms with Crippen LogP contribution in [0.25, 0.3) is 0 Å². The van der Waals surface area contributed by atoms with Gasteiger partial charge in [-0.3, -0.25) is 14.6 Å². The highest BCUT2D eigenvalue weighted by molar-refractivity contribution is 8.14. The minimum Gasteiger partial charge on any atom is -0.497 e. The lowest BCUT2D eigenvalue weighted by Gasteiger charge is -2.09. The largest absolute Gasteiger partial charge is 0.497 e. The van der Waals surface area contributed by atoms with Crippen molar-refractivity contribution in [1.82, 2.24) is 0 Å². The van der Waals surface area contributed by atoms with Crippen LogP contribution in [0.1, 0.15) is 29.3 Å². The number of rotatable bonds is 6. The summed E-state index contributed by atoms with van der Waals surface area (Å²) in [6.45, 7) is 1.51. The Labute approximate surface area is 196 Å². The third-order valence-corrected chi connectivity index (χ3v) is 6.04. The van der Waals surface area contributed by atoms with E-state index in [0.29, 0.717) is 17.7 Å². The molecule has 3 aromatic rings. The van der Waals surface area contributed by atoms with Gasteiger partial charge in [0.25, 0.3) is 0 Å². The number of Topliss-reactive ketones (excluding diaryl/α,β-unsaturated/α-hetero) is 1. The Morgan fingerprint density at radius 1 is 0.939 bits per heavy atom. The fraction of sp³-hybridized carbons (Fsp3) is 0.154. The number of nitrogens with zero attached hydrogens (tertiary/aromatic N) is 2. The summed E-state index contributed by atoms with van der Waals surface area (Å²) in [6, 6.07) is 22.4. The quantitative estimate of drug-likeness (QED) is 0.473. The first-order valence-corrected chi connectivity index (χ1v) is 11.4. The second-order valence-electron chi connectivity index (χ2n) is 7.43. The molecule has 6 nitrogen and oxygen atoms in total. The number of carbonyl (C=O) groups excluding carboxylic acids is 2. The molecule has 1 amide bonds. The molecular formula is C26H23N3O3S. The summed E-state index contributed by atoms with van der Waals surface area (Å²) in [5.41, 5.74) is 4.71. The van der Waals surface area contributed by atoms with Crippen LogP contribution in [0.4, 0.5) is 17.1 Å². The standard InChI is InChI=1S/C26H23N3O3S/c1-17(30)18-7-11-20(12-8-18)27-25(31)16-33-26-15-24(19-9-13-21(32-2)14-10-19)28-22-5-3-4-6-23(22)29-26/h3-14H,15-16H2,1-2H3,(H,27,31). The first kappa shape index (κ1) is 22.5. The van der Waals surface area contributed by atoms with E-state index in [1.807, 2.05) is 48.5 Å². The van der Waals surface area contributed by atoms with Gasteiger partial charge in [0.15, 0.2) is 5.78 Å². The topological polar surface area (TPSA) is 80.1 Å². The van der Waals surface area contributed by atoms with Crippen LogP contribution in [-0.4, -0.2) is 35.3 Å². The maximum absolute atomic E-state index is 12.5. The number of benzene rings is 3. The molecule has 1 heterocycles. The number of para-hydroxylation sites is 2. The number of carbonyl (C=O) groups is 2. The van der Waals surface area contributed by atoms with Crippen LogP contribution >= 0.6 is 11.8 Å². The van der Waals surface area contributed by atoms with Crippen molar-refractivity contribution in [2.24, 2.45) is 9.98 Å². The number of amides is 1. The Hall–Kier alpha value is -3.71. The van der Waals surface area contributed by atoms with Crippen LogP contribution in [0.15, 0.2) is 82.8 Å². The van der Waals surface area contributed by atoms with E-state index in [2.05, 4.69) is 5.32 Å². The molecule has 7 heteroatoms. The van der Waals surface area contributed by atoms with Crippen molar-refractivity contribution in [3.8, 4) is 5.75 Å². The van der Waals surface area contributed by atoms with Gasteiger partial charge in [0.05, 0.1) is 35.0 Å². The molecule has 0 saturated heterocycles. The zero-order valence-corrected chi connectivity index (χ0v) is 19.2. The average molecular weight is 458 g/mol. The minimum atomic E-state index is -0.140. The number of fused-ring (bicyclic) bond motifs is 1. The summed E-state index contributed by atoms with van der Waals surface area (Å²) < 4.78 is 5.26. The third kappa shape index (κ3) is 5.75. The molecule has 0 radical (unpaired) electrons. The van der Waals surface area contributed by atoms with E-state index >= 15 is 0 Å². The van der Waals surface area contributed by atoms with Crippen molar-refractivity contribution in [2.45, 2.75) is 13.3 Å². The maximum atomic E-state index is 12.5. The highest BCUT2D eigenvalue weighted by atomic mass is 32.2. The molecule has 0 aliphatic carbocycles. The van der Waals surface area contributed by atoms with Gasteiger partial charge in [-0.05, 0) is 73.2 Å². The average Bonchev–Trinajstić information content (AvgIpc) is 3.02. The van der Waals surface area contributed by atoms with Gasteiger partial charge in [-0.1, -0.05) is 12.1 Å². The van der Waals surface area contributed by atoms with E-state index in [1.54, 1.807) is 31.4 Å². The van der Waals surface area contributed by atoms with E-state index in [0.717, 1.165) is 33.4 Å². The molecule has 1 aliphatic heterocycles. The van der Waals surface area contributed by atoms with Gasteiger partial charge in [-0.25, -0.2) is 4.99 Å². The highest BCUT2D eigenvalue weighted by Crippen LogP contribution is 2.33. The molecule has 166 valence electrons. The van der Waals surface area contributed by atoms with Crippen LogP contribution < -0.4 is 10.1 Å². The molecule has 0 fully saturated rings. The number of ether oxygens (including phenoxy) is 1. The molecule has 0 saturated carbocycles. The molecule has 3 aromatic carbocycles. The third-order valence-electron chi connectivity index (χ3n) is 5.07. The Morgan fingerprint density at radius 3 is 2.24 bits per heavy atom. The number of anilines is 1. The van der Waals surface area contributed by atoms with Gasteiger partial charge >= 0.3 is 0 Å². The summed E-state index contributed by atoms with van der Waals surface area (Å²) >= 11 is 1.39. The van der Waals surface area contributed by atoms with Crippen molar-refractivity contribution >= 4 is 51.3 Å². The molecule has 4 rings (SSSR count). The van der Waals surface area contributed by atoms with Gasteiger partial charge in [-0.15, -0.1) is 11.8 Å². The van der Waals surface area contributed by atoms with E-state index < -0.39 is 0 Å². The monoisotopic (exact) mass is 457 g/mol. The number of hydrogen-bond donors (Lipinski definition) is 1. The van der Waals surface area contributed by atoms with Crippen LogP contribution in [0.3, 0.4) is 0 Å².